The first-order valence-corrected chi connectivity index (χ1v) is 9.71. The Kier molecular flexibility index (Phi) is 6.41. The molecule has 0 fully saturated rings. The molecule has 0 bridgehead atoms. The summed E-state index contributed by atoms with van der Waals surface area (Å²) in [4.78, 5) is 31.0. The number of aromatic nitrogens is 2. The molecule has 1 amide bonds. The molecule has 1 heterocycles. The monoisotopic (exact) mass is 456 g/mol. The lowest BCUT2D eigenvalue weighted by Crippen LogP contribution is -2.23. The first-order chi connectivity index (χ1) is 13.7. The Morgan fingerprint density at radius 2 is 1.90 bits per heavy atom. The largest absolute Gasteiger partial charge is 0.382 e. The van der Waals surface area contributed by atoms with E-state index in [1.165, 1.54) is 11.8 Å². The number of nitrogens with one attached hydrogen (secondary N) is 2. The number of benzene rings is 2. The Balaban J connectivity index is 1.74. The van der Waals surface area contributed by atoms with E-state index >= 15 is 0 Å². The van der Waals surface area contributed by atoms with Gasteiger partial charge < -0.3 is 11.1 Å². The summed E-state index contributed by atoms with van der Waals surface area (Å²) in [5, 5.41) is 3.31. The number of carbonyl (C=O) groups excluding carboxylic acids is 1. The number of carbonyl (C=O) groups is 1. The third-order valence-corrected chi connectivity index (χ3v) is 5.39. The fourth-order valence-corrected chi connectivity index (χ4v) is 3.39. The maximum absolute atomic E-state index is 13.3. The van der Waals surface area contributed by atoms with E-state index in [1.54, 1.807) is 18.2 Å². The van der Waals surface area contributed by atoms with Gasteiger partial charge in [0.2, 0.25) is 0 Å². The molecule has 4 N–H and O–H groups in total. The summed E-state index contributed by atoms with van der Waals surface area (Å²) >= 11 is 13.0. The molecule has 3 aromatic rings. The maximum Gasteiger partial charge on any atom is 0.277 e. The Bertz CT molecular complexity index is 1160. The van der Waals surface area contributed by atoms with Crippen molar-refractivity contribution >= 4 is 52.4 Å². The van der Waals surface area contributed by atoms with Crippen molar-refractivity contribution < 1.29 is 13.6 Å². The molecule has 1 aromatic heterocycles. The number of halogens is 4. The highest BCUT2D eigenvalue weighted by molar-refractivity contribution is 7.98. The van der Waals surface area contributed by atoms with E-state index in [-0.39, 0.29) is 22.2 Å². The highest BCUT2D eigenvalue weighted by atomic mass is 35.5. The van der Waals surface area contributed by atoms with E-state index < -0.39 is 23.1 Å². The number of nitrogen functional groups attached to an aromatic ring is 1. The minimum absolute atomic E-state index is 0.180. The summed E-state index contributed by atoms with van der Waals surface area (Å²) in [5.74, 6) is -2.91. The highest BCUT2D eigenvalue weighted by Crippen LogP contribution is 2.27. The molecule has 0 unspecified atom stereocenters. The van der Waals surface area contributed by atoms with Crippen LogP contribution in [-0.4, -0.2) is 15.9 Å². The number of rotatable bonds is 5. The van der Waals surface area contributed by atoms with Gasteiger partial charge in [0.05, 0.1) is 10.0 Å². The fraction of sp³-hybridized carbons (Fsp3) is 0.0556. The second-order valence-corrected chi connectivity index (χ2v) is 7.53. The predicted molar refractivity (Wildman–Crippen MR) is 110 cm³/mol. The van der Waals surface area contributed by atoms with Crippen molar-refractivity contribution in [1.82, 2.24) is 9.97 Å². The van der Waals surface area contributed by atoms with Crippen molar-refractivity contribution in [2.24, 2.45) is 0 Å². The van der Waals surface area contributed by atoms with Crippen LogP contribution in [0, 0.1) is 11.6 Å². The average molecular weight is 457 g/mol. The number of H-pyrrole nitrogens is 1. The minimum Gasteiger partial charge on any atom is -0.382 e. The molecule has 0 spiro atoms. The summed E-state index contributed by atoms with van der Waals surface area (Å²) in [6, 6.07) is 7.71. The fourth-order valence-electron chi connectivity index (χ4n) is 2.26. The molecular formula is C18H12Cl2F2N4O2S. The van der Waals surface area contributed by atoms with Crippen molar-refractivity contribution in [3.8, 4) is 0 Å². The van der Waals surface area contributed by atoms with Crippen LogP contribution in [0.4, 0.5) is 20.3 Å². The molecule has 150 valence electrons. The van der Waals surface area contributed by atoms with E-state index in [9.17, 15) is 18.4 Å². The molecule has 0 saturated carbocycles. The Morgan fingerprint density at radius 3 is 2.55 bits per heavy atom. The molecule has 0 aliphatic carbocycles. The van der Waals surface area contributed by atoms with Crippen LogP contribution < -0.4 is 16.6 Å². The van der Waals surface area contributed by atoms with Crippen LogP contribution in [0.5, 0.6) is 0 Å². The first kappa shape index (κ1) is 21.1. The van der Waals surface area contributed by atoms with Crippen molar-refractivity contribution in [3.63, 3.8) is 0 Å². The second-order valence-electron chi connectivity index (χ2n) is 5.75. The zero-order valence-corrected chi connectivity index (χ0v) is 16.8. The van der Waals surface area contributed by atoms with Crippen LogP contribution in [0.3, 0.4) is 0 Å². The van der Waals surface area contributed by atoms with E-state index in [2.05, 4.69) is 15.3 Å². The summed E-state index contributed by atoms with van der Waals surface area (Å²) < 4.78 is 26.3. The molecule has 11 heteroatoms. The van der Waals surface area contributed by atoms with E-state index in [0.29, 0.717) is 21.9 Å². The molecular weight excluding hydrogens is 445 g/mol. The van der Waals surface area contributed by atoms with Crippen LogP contribution in [0.15, 0.2) is 46.3 Å². The molecule has 29 heavy (non-hydrogen) atoms. The van der Waals surface area contributed by atoms with Crippen LogP contribution in [0.2, 0.25) is 10.0 Å². The molecule has 0 radical (unpaired) electrons. The lowest BCUT2D eigenvalue weighted by Gasteiger charge is -2.09. The van der Waals surface area contributed by atoms with Gasteiger partial charge in [-0.3, -0.25) is 14.6 Å². The van der Waals surface area contributed by atoms with E-state index in [0.717, 1.165) is 17.7 Å². The topological polar surface area (TPSA) is 101 Å². The highest BCUT2D eigenvalue weighted by Gasteiger charge is 2.15. The molecule has 6 nitrogen and oxygen atoms in total. The van der Waals surface area contributed by atoms with Crippen molar-refractivity contribution in [2.45, 2.75) is 10.9 Å². The van der Waals surface area contributed by atoms with Crippen molar-refractivity contribution in [2.75, 3.05) is 11.1 Å². The molecule has 0 aliphatic rings. The Hall–Kier alpha value is -2.62. The quantitative estimate of drug-likeness (QED) is 0.388. The Morgan fingerprint density at radius 1 is 1.14 bits per heavy atom. The number of hydrogen-bond donors (Lipinski definition) is 3. The third-order valence-electron chi connectivity index (χ3n) is 3.71. The average Bonchev–Trinajstić information content (AvgIpc) is 2.67. The summed E-state index contributed by atoms with van der Waals surface area (Å²) in [7, 11) is 0. The number of nitrogens with zero attached hydrogens (tertiary/aromatic N) is 1. The number of anilines is 2. The van der Waals surface area contributed by atoms with Gasteiger partial charge >= 0.3 is 0 Å². The number of hydrogen-bond acceptors (Lipinski definition) is 5. The normalized spacial score (nSPS) is 10.8. The number of thioether (sulfide) groups is 1. The number of amides is 1. The lowest BCUT2D eigenvalue weighted by molar-refractivity contribution is 0.102. The summed E-state index contributed by atoms with van der Waals surface area (Å²) in [6.07, 6.45) is 0. The van der Waals surface area contributed by atoms with Gasteiger partial charge in [-0.15, -0.1) is 0 Å². The van der Waals surface area contributed by atoms with Crippen LogP contribution in [0.25, 0.3) is 0 Å². The first-order valence-electron chi connectivity index (χ1n) is 7.97. The van der Waals surface area contributed by atoms with Crippen molar-refractivity contribution in [3.05, 3.63) is 79.6 Å². The second kappa shape index (κ2) is 8.81. The lowest BCUT2D eigenvalue weighted by atomic mass is 10.2. The standard InChI is InChI=1S/C18H12Cl2F2N4O2S/c19-10-3-1-8(5-11(10)20)7-29-18-25-15(23)14(17(28)26-18)24-16(27)9-2-4-12(21)13(22)6-9/h1-6H,7H2,(H,24,27)(H3,23,25,26,28). The molecule has 3 rings (SSSR count). The van der Waals surface area contributed by atoms with E-state index in [1.807, 2.05) is 0 Å². The van der Waals surface area contributed by atoms with Gasteiger partial charge in [-0.1, -0.05) is 41.0 Å². The summed E-state index contributed by atoms with van der Waals surface area (Å²) in [5.41, 5.74) is 5.47. The SMILES string of the molecule is Nc1nc(SCc2ccc(Cl)c(Cl)c2)[nH]c(=O)c1NC(=O)c1ccc(F)c(F)c1. The van der Waals surface area contributed by atoms with Gasteiger partial charge in [0.15, 0.2) is 22.6 Å². The smallest absolute Gasteiger partial charge is 0.277 e. The van der Waals surface area contributed by atoms with Gasteiger partial charge in [0.1, 0.15) is 5.69 Å². The molecule has 0 aliphatic heterocycles. The number of aromatic amines is 1. The van der Waals surface area contributed by atoms with E-state index in [4.69, 9.17) is 28.9 Å². The van der Waals surface area contributed by atoms with Gasteiger partial charge in [0.25, 0.3) is 11.5 Å². The zero-order valence-electron chi connectivity index (χ0n) is 14.4. The van der Waals surface area contributed by atoms with Crippen LogP contribution in [0.1, 0.15) is 15.9 Å². The number of nitrogens with two attached hydrogens (primary N) is 1. The molecule has 0 saturated heterocycles. The van der Waals surface area contributed by atoms with Gasteiger partial charge in [-0.2, -0.15) is 0 Å². The molecule has 0 atom stereocenters. The van der Waals surface area contributed by atoms with Crippen molar-refractivity contribution in [1.29, 1.82) is 0 Å². The molecule has 2 aromatic carbocycles. The third kappa shape index (κ3) is 5.06. The van der Waals surface area contributed by atoms with Gasteiger partial charge in [-0.25, -0.2) is 13.8 Å². The zero-order chi connectivity index (χ0) is 21.1. The Labute approximate surface area is 177 Å². The van der Waals surface area contributed by atoms with Crippen LogP contribution in [-0.2, 0) is 5.75 Å². The summed E-state index contributed by atoms with van der Waals surface area (Å²) in [6.45, 7) is 0. The van der Waals surface area contributed by atoms with Gasteiger partial charge in [-0.05, 0) is 35.9 Å². The van der Waals surface area contributed by atoms with Crippen LogP contribution >= 0.6 is 35.0 Å². The predicted octanol–water partition coefficient (Wildman–Crippen LogP) is 4.48. The maximum atomic E-state index is 13.3. The van der Waals surface area contributed by atoms with Gasteiger partial charge in [0, 0.05) is 11.3 Å². The minimum atomic E-state index is -1.19.